The first-order valence-electron chi connectivity index (χ1n) is 9.10. The second kappa shape index (κ2) is 8.35. The zero-order chi connectivity index (χ0) is 19.3. The monoisotopic (exact) mass is 397 g/mol. The molecule has 2 aromatic heterocycles. The summed E-state index contributed by atoms with van der Waals surface area (Å²) in [5, 5.41) is 10.5. The van der Waals surface area contributed by atoms with E-state index in [1.54, 1.807) is 11.3 Å². The Morgan fingerprint density at radius 2 is 2.11 bits per heavy atom. The lowest BCUT2D eigenvalue weighted by atomic mass is 10.1. The maximum absolute atomic E-state index is 12.0. The minimum Gasteiger partial charge on any atom is -0.456 e. The van der Waals surface area contributed by atoms with Crippen LogP contribution in [0.15, 0.2) is 39.5 Å². The van der Waals surface area contributed by atoms with Crippen molar-refractivity contribution in [2.24, 2.45) is 0 Å². The second-order valence-corrected chi connectivity index (χ2v) is 7.35. The number of esters is 1. The van der Waals surface area contributed by atoms with E-state index in [9.17, 15) is 9.59 Å². The zero-order valence-electron chi connectivity index (χ0n) is 15.1. The first kappa shape index (κ1) is 18.4. The first-order valence-corrected chi connectivity index (χ1v) is 10.0. The molecule has 1 N–H and O–H groups in total. The molecule has 0 bridgehead atoms. The largest absolute Gasteiger partial charge is 0.456 e. The van der Waals surface area contributed by atoms with Crippen LogP contribution in [0.2, 0.25) is 0 Å². The molecule has 1 aliphatic carbocycles. The number of fused-ring (bicyclic) bond motifs is 1. The second-order valence-electron chi connectivity index (χ2n) is 6.57. The Morgan fingerprint density at radius 3 is 2.96 bits per heavy atom. The number of aryl methyl sites for hydroxylation is 3. The van der Waals surface area contributed by atoms with Crippen molar-refractivity contribution in [2.45, 2.75) is 32.1 Å². The van der Waals surface area contributed by atoms with E-state index in [2.05, 4.69) is 15.5 Å². The average molecular weight is 397 g/mol. The molecule has 1 aliphatic rings. The van der Waals surface area contributed by atoms with Gasteiger partial charge in [0.1, 0.15) is 0 Å². The fraction of sp³-hybridized carbons (Fsp3) is 0.300. The maximum atomic E-state index is 12.0. The number of thiophene rings is 1. The van der Waals surface area contributed by atoms with Crippen LogP contribution >= 0.6 is 11.3 Å². The first-order chi connectivity index (χ1) is 13.7. The van der Waals surface area contributed by atoms with Crippen LogP contribution in [0.5, 0.6) is 0 Å². The maximum Gasteiger partial charge on any atom is 0.306 e. The molecule has 2 heterocycles. The highest BCUT2D eigenvalue weighted by Gasteiger charge is 2.14. The lowest BCUT2D eigenvalue weighted by Gasteiger charge is -2.08. The number of anilines is 1. The molecule has 0 aliphatic heterocycles. The van der Waals surface area contributed by atoms with Crippen LogP contribution in [-0.4, -0.2) is 28.6 Å². The highest BCUT2D eigenvalue weighted by molar-refractivity contribution is 7.08. The number of nitrogens with one attached hydrogen (secondary N) is 1. The number of aromatic nitrogens is 2. The van der Waals surface area contributed by atoms with Gasteiger partial charge < -0.3 is 14.6 Å². The molecule has 0 fully saturated rings. The third kappa shape index (κ3) is 4.45. The zero-order valence-corrected chi connectivity index (χ0v) is 16.0. The molecule has 0 atom stereocenters. The molecule has 0 radical (unpaired) electrons. The van der Waals surface area contributed by atoms with Crippen LogP contribution in [0.4, 0.5) is 5.69 Å². The Labute approximate surface area is 165 Å². The van der Waals surface area contributed by atoms with Crippen LogP contribution < -0.4 is 5.32 Å². The SMILES string of the molecule is O=C(COC(=O)CCc1nc(-c2ccsc2)no1)Nc1ccc2c(c1)CCC2. The fourth-order valence-corrected chi connectivity index (χ4v) is 3.77. The summed E-state index contributed by atoms with van der Waals surface area (Å²) in [6.07, 6.45) is 3.62. The third-order valence-electron chi connectivity index (χ3n) is 4.54. The van der Waals surface area contributed by atoms with E-state index in [0.717, 1.165) is 30.5 Å². The number of carbonyl (C=O) groups is 2. The van der Waals surface area contributed by atoms with E-state index >= 15 is 0 Å². The summed E-state index contributed by atoms with van der Waals surface area (Å²) in [5.74, 6) is 0.0160. The van der Waals surface area contributed by atoms with Gasteiger partial charge in [-0.15, -0.1) is 0 Å². The van der Waals surface area contributed by atoms with Gasteiger partial charge in [0.2, 0.25) is 11.7 Å². The van der Waals surface area contributed by atoms with E-state index in [4.69, 9.17) is 9.26 Å². The Kier molecular flexibility index (Phi) is 5.48. The third-order valence-corrected chi connectivity index (χ3v) is 5.22. The van der Waals surface area contributed by atoms with Crippen molar-refractivity contribution in [1.29, 1.82) is 0 Å². The number of hydrogen-bond acceptors (Lipinski definition) is 7. The molecule has 144 valence electrons. The molecular formula is C20H19N3O4S. The number of benzene rings is 1. The highest BCUT2D eigenvalue weighted by atomic mass is 32.1. The van der Waals surface area contributed by atoms with Gasteiger partial charge in [-0.3, -0.25) is 9.59 Å². The van der Waals surface area contributed by atoms with Gasteiger partial charge in [0.15, 0.2) is 6.61 Å². The van der Waals surface area contributed by atoms with Crippen LogP contribution in [0, 0.1) is 0 Å². The van der Waals surface area contributed by atoms with E-state index in [-0.39, 0.29) is 25.4 Å². The van der Waals surface area contributed by atoms with Crippen molar-refractivity contribution >= 4 is 28.9 Å². The van der Waals surface area contributed by atoms with Crippen LogP contribution in [0.25, 0.3) is 11.4 Å². The van der Waals surface area contributed by atoms with E-state index in [0.29, 0.717) is 11.7 Å². The number of rotatable bonds is 7. The molecular weight excluding hydrogens is 378 g/mol. The molecule has 3 aromatic rings. The highest BCUT2D eigenvalue weighted by Crippen LogP contribution is 2.24. The molecule has 0 saturated carbocycles. The molecule has 0 unspecified atom stereocenters. The quantitative estimate of drug-likeness (QED) is 0.614. The van der Waals surface area contributed by atoms with E-state index in [1.807, 2.05) is 35.0 Å². The lowest BCUT2D eigenvalue weighted by molar-refractivity contribution is -0.147. The molecule has 28 heavy (non-hydrogen) atoms. The molecule has 8 heteroatoms. The van der Waals surface area contributed by atoms with Gasteiger partial charge in [-0.1, -0.05) is 11.2 Å². The topological polar surface area (TPSA) is 94.3 Å². The Bertz CT molecular complexity index is 981. The number of amides is 1. The summed E-state index contributed by atoms with van der Waals surface area (Å²) >= 11 is 1.54. The van der Waals surface area contributed by atoms with Crippen molar-refractivity contribution < 1.29 is 18.8 Å². The van der Waals surface area contributed by atoms with Crippen LogP contribution in [0.1, 0.15) is 29.9 Å². The predicted molar refractivity (Wildman–Crippen MR) is 104 cm³/mol. The van der Waals surface area contributed by atoms with Crippen LogP contribution in [-0.2, 0) is 33.6 Å². The minimum atomic E-state index is -0.487. The summed E-state index contributed by atoms with van der Waals surface area (Å²) in [6.45, 7) is -0.320. The Balaban J connectivity index is 1.20. The number of carbonyl (C=O) groups excluding carboxylic acids is 2. The van der Waals surface area contributed by atoms with Gasteiger partial charge in [0.25, 0.3) is 5.91 Å². The van der Waals surface area contributed by atoms with Gasteiger partial charge in [0.05, 0.1) is 6.42 Å². The number of nitrogens with zero attached hydrogens (tertiary/aromatic N) is 2. The van der Waals surface area contributed by atoms with Crippen molar-refractivity contribution in [3.05, 3.63) is 52.0 Å². The lowest BCUT2D eigenvalue weighted by Crippen LogP contribution is -2.21. The smallest absolute Gasteiger partial charge is 0.306 e. The van der Waals surface area contributed by atoms with E-state index in [1.165, 1.54) is 11.1 Å². The van der Waals surface area contributed by atoms with Crippen molar-refractivity contribution in [3.8, 4) is 11.4 Å². The van der Waals surface area contributed by atoms with Gasteiger partial charge in [0, 0.05) is 23.1 Å². The molecule has 0 spiro atoms. The Morgan fingerprint density at radius 1 is 1.21 bits per heavy atom. The predicted octanol–water partition coefficient (Wildman–Crippen LogP) is 3.40. The molecule has 7 nitrogen and oxygen atoms in total. The standard InChI is InChI=1S/C20H19N3O4S/c24-17(21-16-5-4-13-2-1-3-14(13)10-16)11-26-19(25)7-6-18-22-20(23-27-18)15-8-9-28-12-15/h4-5,8-10,12H,1-3,6-7,11H2,(H,21,24). The molecule has 1 amide bonds. The van der Waals surface area contributed by atoms with Crippen molar-refractivity contribution in [3.63, 3.8) is 0 Å². The molecule has 4 rings (SSSR count). The minimum absolute atomic E-state index is 0.0669. The molecule has 1 aromatic carbocycles. The van der Waals surface area contributed by atoms with Gasteiger partial charge >= 0.3 is 5.97 Å². The normalized spacial score (nSPS) is 12.6. The van der Waals surface area contributed by atoms with Crippen LogP contribution in [0.3, 0.4) is 0 Å². The van der Waals surface area contributed by atoms with Gasteiger partial charge in [-0.2, -0.15) is 16.3 Å². The van der Waals surface area contributed by atoms with Gasteiger partial charge in [-0.25, -0.2) is 0 Å². The summed E-state index contributed by atoms with van der Waals surface area (Å²) in [7, 11) is 0. The van der Waals surface area contributed by atoms with Crippen molar-refractivity contribution in [2.75, 3.05) is 11.9 Å². The van der Waals surface area contributed by atoms with Gasteiger partial charge in [-0.05, 0) is 54.0 Å². The summed E-state index contributed by atoms with van der Waals surface area (Å²) in [4.78, 5) is 28.1. The summed E-state index contributed by atoms with van der Waals surface area (Å²) in [6, 6.07) is 7.80. The van der Waals surface area contributed by atoms with Crippen molar-refractivity contribution in [1.82, 2.24) is 10.1 Å². The number of hydrogen-bond donors (Lipinski definition) is 1. The Hall–Kier alpha value is -3.00. The fourth-order valence-electron chi connectivity index (χ4n) is 3.14. The summed E-state index contributed by atoms with van der Waals surface area (Å²) < 4.78 is 10.2. The van der Waals surface area contributed by atoms with E-state index < -0.39 is 5.97 Å². The average Bonchev–Trinajstić information content (AvgIpc) is 3.45. The number of ether oxygens (including phenoxy) is 1. The summed E-state index contributed by atoms with van der Waals surface area (Å²) in [5.41, 5.74) is 4.23. The molecule has 0 saturated heterocycles.